The number of nitrogens with one attached hydrogen (secondary N) is 1. The first kappa shape index (κ1) is 14.3. The molecule has 1 atom stereocenters. The molecule has 0 spiro atoms. The van der Waals surface area contributed by atoms with Crippen LogP contribution in [0.15, 0.2) is 65.8 Å². The Morgan fingerprint density at radius 1 is 1.14 bits per heavy atom. The van der Waals surface area contributed by atoms with Crippen molar-refractivity contribution in [2.45, 2.75) is 25.5 Å². The number of carbonyl (C=O) groups excluding carboxylic acids is 1. The van der Waals surface area contributed by atoms with E-state index in [2.05, 4.69) is 10.5 Å². The number of benzene rings is 2. The van der Waals surface area contributed by atoms with Crippen molar-refractivity contribution < 1.29 is 9.63 Å². The van der Waals surface area contributed by atoms with Gasteiger partial charge in [0.1, 0.15) is 0 Å². The summed E-state index contributed by atoms with van der Waals surface area (Å²) in [5.41, 5.74) is 1.90. The van der Waals surface area contributed by atoms with Crippen molar-refractivity contribution >= 4 is 11.6 Å². The Bertz CT molecular complexity index is 683. The van der Waals surface area contributed by atoms with Gasteiger partial charge in [0, 0.05) is 13.0 Å². The molecule has 2 aromatic rings. The first-order valence-electron chi connectivity index (χ1n) is 7.30. The second-order valence-electron chi connectivity index (χ2n) is 5.57. The standard InChI is InChI=1S/C18H18N2O2/c1-18(17(21)19-13-14-8-4-2-5-9-14)12-16(20-22-18)15-10-6-3-7-11-15/h2-11H,12-13H2,1H3,(H,19,21)/t18-/m1/s1. The molecule has 0 aromatic heterocycles. The average Bonchev–Trinajstić information content (AvgIpc) is 2.98. The van der Waals surface area contributed by atoms with Gasteiger partial charge < -0.3 is 10.2 Å². The maximum Gasteiger partial charge on any atom is 0.267 e. The van der Waals surface area contributed by atoms with Crippen LogP contribution >= 0.6 is 0 Å². The second kappa shape index (κ2) is 6.02. The van der Waals surface area contributed by atoms with Gasteiger partial charge in [-0.1, -0.05) is 65.8 Å². The summed E-state index contributed by atoms with van der Waals surface area (Å²) in [5, 5.41) is 7.01. The van der Waals surface area contributed by atoms with Crippen molar-refractivity contribution in [2.24, 2.45) is 5.16 Å². The zero-order valence-electron chi connectivity index (χ0n) is 12.5. The molecule has 1 aliphatic heterocycles. The lowest BCUT2D eigenvalue weighted by molar-refractivity contribution is -0.141. The molecule has 1 amide bonds. The summed E-state index contributed by atoms with van der Waals surface area (Å²) in [7, 11) is 0. The van der Waals surface area contributed by atoms with E-state index in [1.165, 1.54) is 0 Å². The summed E-state index contributed by atoms with van der Waals surface area (Å²) in [6.45, 7) is 2.26. The normalized spacial score (nSPS) is 20.1. The molecule has 1 heterocycles. The Morgan fingerprint density at radius 2 is 1.77 bits per heavy atom. The largest absolute Gasteiger partial charge is 0.379 e. The highest BCUT2D eigenvalue weighted by atomic mass is 16.7. The minimum atomic E-state index is -0.944. The summed E-state index contributed by atoms with van der Waals surface area (Å²) in [5.74, 6) is -0.147. The molecule has 4 nitrogen and oxygen atoms in total. The number of hydrogen-bond donors (Lipinski definition) is 1. The number of carbonyl (C=O) groups is 1. The van der Waals surface area contributed by atoms with Gasteiger partial charge in [0.15, 0.2) is 0 Å². The van der Waals surface area contributed by atoms with Crippen LogP contribution in [0.3, 0.4) is 0 Å². The van der Waals surface area contributed by atoms with Crippen molar-refractivity contribution in [2.75, 3.05) is 0 Å². The highest BCUT2D eigenvalue weighted by Gasteiger charge is 2.41. The molecule has 0 fully saturated rings. The molecule has 2 aromatic carbocycles. The molecular weight excluding hydrogens is 276 g/mol. The minimum Gasteiger partial charge on any atom is -0.379 e. The molecule has 112 valence electrons. The van der Waals surface area contributed by atoms with Crippen LogP contribution in [0.4, 0.5) is 0 Å². The summed E-state index contributed by atoms with van der Waals surface area (Å²) < 4.78 is 0. The van der Waals surface area contributed by atoms with E-state index < -0.39 is 5.60 Å². The lowest BCUT2D eigenvalue weighted by Gasteiger charge is -2.20. The van der Waals surface area contributed by atoms with Gasteiger partial charge in [-0.3, -0.25) is 4.79 Å². The zero-order chi connectivity index (χ0) is 15.4. The fourth-order valence-electron chi connectivity index (χ4n) is 2.41. The Balaban J connectivity index is 1.62. The van der Waals surface area contributed by atoms with E-state index in [1.54, 1.807) is 6.92 Å². The first-order valence-corrected chi connectivity index (χ1v) is 7.30. The summed E-state index contributed by atoms with van der Waals surface area (Å²) >= 11 is 0. The smallest absolute Gasteiger partial charge is 0.267 e. The highest BCUT2D eigenvalue weighted by molar-refractivity contribution is 6.05. The zero-order valence-corrected chi connectivity index (χ0v) is 12.5. The van der Waals surface area contributed by atoms with Gasteiger partial charge in [-0.15, -0.1) is 0 Å². The van der Waals surface area contributed by atoms with E-state index in [-0.39, 0.29) is 5.91 Å². The molecule has 1 N–H and O–H groups in total. The predicted octanol–water partition coefficient (Wildman–Crippen LogP) is 2.89. The molecule has 1 aliphatic rings. The van der Waals surface area contributed by atoms with Gasteiger partial charge >= 0.3 is 0 Å². The monoisotopic (exact) mass is 294 g/mol. The number of hydrogen-bond acceptors (Lipinski definition) is 3. The van der Waals surface area contributed by atoms with Gasteiger partial charge in [0.2, 0.25) is 5.60 Å². The lowest BCUT2D eigenvalue weighted by atomic mass is 9.95. The van der Waals surface area contributed by atoms with Crippen molar-refractivity contribution in [3.63, 3.8) is 0 Å². The van der Waals surface area contributed by atoms with E-state index in [0.717, 1.165) is 16.8 Å². The molecular formula is C18H18N2O2. The first-order chi connectivity index (χ1) is 10.7. The van der Waals surface area contributed by atoms with Crippen molar-refractivity contribution in [1.29, 1.82) is 0 Å². The molecule has 0 radical (unpaired) electrons. The molecule has 0 saturated carbocycles. The van der Waals surface area contributed by atoms with Crippen molar-refractivity contribution in [3.05, 3.63) is 71.8 Å². The number of oxime groups is 1. The maximum absolute atomic E-state index is 12.4. The maximum atomic E-state index is 12.4. The summed E-state index contributed by atoms with van der Waals surface area (Å²) in [6, 6.07) is 19.6. The molecule has 0 unspecified atom stereocenters. The minimum absolute atomic E-state index is 0.147. The molecule has 4 heteroatoms. The molecule has 0 aliphatic carbocycles. The van der Waals surface area contributed by atoms with Crippen LogP contribution in [0.2, 0.25) is 0 Å². The van der Waals surface area contributed by atoms with Crippen LogP contribution in [-0.2, 0) is 16.2 Å². The molecule has 3 rings (SSSR count). The van der Waals surface area contributed by atoms with Crippen LogP contribution in [0.25, 0.3) is 0 Å². The average molecular weight is 294 g/mol. The third kappa shape index (κ3) is 3.01. The Hall–Kier alpha value is -2.62. The summed E-state index contributed by atoms with van der Waals surface area (Å²) in [4.78, 5) is 17.8. The molecule has 0 saturated heterocycles. The van der Waals surface area contributed by atoms with E-state index in [4.69, 9.17) is 4.84 Å². The Labute approximate surface area is 129 Å². The van der Waals surface area contributed by atoms with Gasteiger partial charge in [0.05, 0.1) is 5.71 Å². The van der Waals surface area contributed by atoms with Crippen LogP contribution in [0.5, 0.6) is 0 Å². The Kier molecular flexibility index (Phi) is 3.92. The fraction of sp³-hybridized carbons (Fsp3) is 0.222. The van der Waals surface area contributed by atoms with E-state index in [9.17, 15) is 4.79 Å². The van der Waals surface area contributed by atoms with Crippen LogP contribution in [0.1, 0.15) is 24.5 Å². The van der Waals surface area contributed by atoms with Gasteiger partial charge in [-0.05, 0) is 18.1 Å². The molecule has 0 bridgehead atoms. The van der Waals surface area contributed by atoms with Gasteiger partial charge in [-0.2, -0.15) is 0 Å². The second-order valence-corrected chi connectivity index (χ2v) is 5.57. The Morgan fingerprint density at radius 3 is 2.45 bits per heavy atom. The topological polar surface area (TPSA) is 50.7 Å². The third-order valence-corrected chi connectivity index (χ3v) is 3.75. The van der Waals surface area contributed by atoms with Crippen LogP contribution in [0, 0.1) is 0 Å². The highest BCUT2D eigenvalue weighted by Crippen LogP contribution is 2.26. The van der Waals surface area contributed by atoms with Crippen LogP contribution < -0.4 is 5.32 Å². The van der Waals surface area contributed by atoms with E-state index >= 15 is 0 Å². The van der Waals surface area contributed by atoms with Gasteiger partial charge in [0.25, 0.3) is 5.91 Å². The molecule has 22 heavy (non-hydrogen) atoms. The fourth-order valence-corrected chi connectivity index (χ4v) is 2.41. The van der Waals surface area contributed by atoms with E-state index in [1.807, 2.05) is 60.7 Å². The van der Waals surface area contributed by atoms with Gasteiger partial charge in [-0.25, -0.2) is 0 Å². The third-order valence-electron chi connectivity index (χ3n) is 3.75. The van der Waals surface area contributed by atoms with Crippen molar-refractivity contribution in [1.82, 2.24) is 5.32 Å². The number of rotatable bonds is 4. The quantitative estimate of drug-likeness (QED) is 0.942. The van der Waals surface area contributed by atoms with Crippen molar-refractivity contribution in [3.8, 4) is 0 Å². The lowest BCUT2D eigenvalue weighted by Crippen LogP contribution is -2.44. The van der Waals surface area contributed by atoms with Crippen LogP contribution in [-0.4, -0.2) is 17.2 Å². The number of nitrogens with zero attached hydrogens (tertiary/aromatic N) is 1. The summed E-state index contributed by atoms with van der Waals surface area (Å²) in [6.07, 6.45) is 0.470. The predicted molar refractivity (Wildman–Crippen MR) is 85.4 cm³/mol. The number of amides is 1. The van der Waals surface area contributed by atoms with E-state index in [0.29, 0.717) is 13.0 Å². The SMILES string of the molecule is C[C@]1(C(=O)NCc2ccccc2)CC(c2ccccc2)=NO1.